The van der Waals surface area contributed by atoms with Gasteiger partial charge in [0.25, 0.3) is 15.8 Å². The van der Waals surface area contributed by atoms with Gasteiger partial charge in [0.2, 0.25) is 0 Å². The normalized spacial score (nSPS) is 13.3. The van der Waals surface area contributed by atoms with Crippen LogP contribution < -0.4 is 5.32 Å². The van der Waals surface area contributed by atoms with Crippen molar-refractivity contribution in [2.24, 2.45) is 0 Å². The number of alkyl halides is 5. The highest BCUT2D eigenvalue weighted by Crippen LogP contribution is 2.30. The van der Waals surface area contributed by atoms with Crippen LogP contribution >= 0.6 is 0 Å². The Hall–Kier alpha value is -1.42. The monoisotopic (exact) mass is 319 g/mol. The molecule has 10 heteroatoms. The predicted molar refractivity (Wildman–Crippen MR) is 60.2 cm³/mol. The summed E-state index contributed by atoms with van der Waals surface area (Å²) < 4.78 is 84.2. The first-order chi connectivity index (χ1) is 8.99. The van der Waals surface area contributed by atoms with E-state index in [0.29, 0.717) is 12.1 Å². The topological polar surface area (TPSA) is 66.4 Å². The Kier molecular flexibility index (Phi) is 4.59. The molecule has 2 N–H and O–H groups in total. The number of sulfone groups is 1. The van der Waals surface area contributed by atoms with Crippen molar-refractivity contribution in [1.82, 2.24) is 0 Å². The largest absolute Gasteiger partial charge is 0.501 e. The molecule has 0 saturated carbocycles. The summed E-state index contributed by atoms with van der Waals surface area (Å²) in [5, 5.41) is 10.5. The van der Waals surface area contributed by atoms with E-state index in [1.165, 1.54) is 0 Å². The standard InChI is InChI=1S/C10H10F5NO3S/c11-9(12,6-17)5-16-7-1-3-8(4-2-7)20(18,19)10(13,14)15/h1-4,16-17H,5-6H2. The number of aliphatic hydroxyl groups is 1. The Labute approximate surface area is 111 Å². The predicted octanol–water partition coefficient (Wildman–Crippen LogP) is 2.02. The highest BCUT2D eigenvalue weighted by molar-refractivity contribution is 7.92. The Morgan fingerprint density at radius 3 is 1.95 bits per heavy atom. The van der Waals surface area contributed by atoms with Crippen molar-refractivity contribution in [2.45, 2.75) is 16.3 Å². The molecule has 0 spiro atoms. The second-order valence-electron chi connectivity index (χ2n) is 3.84. The maximum Gasteiger partial charge on any atom is 0.501 e. The summed E-state index contributed by atoms with van der Waals surface area (Å²) in [5.74, 6) is -3.39. The van der Waals surface area contributed by atoms with Gasteiger partial charge in [-0.15, -0.1) is 0 Å². The highest BCUT2D eigenvalue weighted by atomic mass is 32.2. The lowest BCUT2D eigenvalue weighted by molar-refractivity contribution is -0.0436. The molecule has 0 atom stereocenters. The second-order valence-corrected chi connectivity index (χ2v) is 5.78. The molecular formula is C10H10F5NO3S. The summed E-state index contributed by atoms with van der Waals surface area (Å²) in [4.78, 5) is -0.982. The fraction of sp³-hybridized carbons (Fsp3) is 0.400. The summed E-state index contributed by atoms with van der Waals surface area (Å²) in [6, 6.07) is 3.16. The van der Waals surface area contributed by atoms with E-state index in [1.54, 1.807) is 0 Å². The Morgan fingerprint density at radius 1 is 1.05 bits per heavy atom. The van der Waals surface area contributed by atoms with Gasteiger partial charge in [0.15, 0.2) is 0 Å². The van der Waals surface area contributed by atoms with E-state index >= 15 is 0 Å². The van der Waals surface area contributed by atoms with E-state index in [9.17, 15) is 30.4 Å². The van der Waals surface area contributed by atoms with Crippen LogP contribution in [-0.2, 0) is 9.84 Å². The lowest BCUT2D eigenvalue weighted by Crippen LogP contribution is -2.31. The van der Waals surface area contributed by atoms with Crippen molar-refractivity contribution in [3.63, 3.8) is 0 Å². The molecule has 1 aromatic carbocycles. The number of hydrogen-bond donors (Lipinski definition) is 2. The van der Waals surface area contributed by atoms with Crippen LogP contribution in [0.4, 0.5) is 27.6 Å². The van der Waals surface area contributed by atoms with Gasteiger partial charge < -0.3 is 10.4 Å². The molecule has 0 aliphatic rings. The molecule has 1 rings (SSSR count). The molecule has 4 nitrogen and oxygen atoms in total. The molecule has 0 unspecified atom stereocenters. The number of nitrogens with one attached hydrogen (secondary N) is 1. The van der Waals surface area contributed by atoms with Gasteiger partial charge in [-0.05, 0) is 24.3 Å². The number of halogens is 5. The molecule has 0 aromatic heterocycles. The van der Waals surface area contributed by atoms with Gasteiger partial charge in [-0.1, -0.05) is 0 Å². The zero-order valence-electron chi connectivity index (χ0n) is 9.79. The van der Waals surface area contributed by atoms with Crippen molar-refractivity contribution < 1.29 is 35.5 Å². The minimum atomic E-state index is -5.46. The minimum absolute atomic E-state index is 0.000695. The molecule has 0 amide bonds. The van der Waals surface area contributed by atoms with Gasteiger partial charge in [-0.2, -0.15) is 13.2 Å². The lowest BCUT2D eigenvalue weighted by Gasteiger charge is -2.15. The van der Waals surface area contributed by atoms with E-state index < -0.39 is 39.3 Å². The van der Waals surface area contributed by atoms with E-state index in [-0.39, 0.29) is 5.69 Å². The maximum atomic E-state index is 12.7. The summed E-state index contributed by atoms with van der Waals surface area (Å²) >= 11 is 0. The fourth-order valence-electron chi connectivity index (χ4n) is 1.17. The average Bonchev–Trinajstić information content (AvgIpc) is 2.36. The molecule has 0 aliphatic carbocycles. The van der Waals surface area contributed by atoms with Crippen LogP contribution in [-0.4, -0.2) is 38.1 Å². The lowest BCUT2D eigenvalue weighted by atomic mass is 10.3. The summed E-state index contributed by atoms with van der Waals surface area (Å²) in [6.07, 6.45) is 0. The molecular weight excluding hydrogens is 309 g/mol. The van der Waals surface area contributed by atoms with Crippen LogP contribution in [0.3, 0.4) is 0 Å². The zero-order chi connectivity index (χ0) is 15.6. The average molecular weight is 319 g/mol. The van der Waals surface area contributed by atoms with Crippen LogP contribution in [0.1, 0.15) is 0 Å². The van der Waals surface area contributed by atoms with Gasteiger partial charge in [0, 0.05) is 5.69 Å². The van der Waals surface area contributed by atoms with Crippen molar-refractivity contribution in [3.8, 4) is 0 Å². The first kappa shape index (κ1) is 16.6. The minimum Gasteiger partial charge on any atom is -0.390 e. The molecule has 0 saturated heterocycles. The number of aliphatic hydroxyl groups excluding tert-OH is 1. The summed E-state index contributed by atoms with van der Waals surface area (Å²) in [7, 11) is -5.46. The highest BCUT2D eigenvalue weighted by Gasteiger charge is 2.46. The molecule has 0 bridgehead atoms. The van der Waals surface area contributed by atoms with Crippen molar-refractivity contribution >= 4 is 15.5 Å². The number of anilines is 1. The van der Waals surface area contributed by atoms with Gasteiger partial charge in [-0.3, -0.25) is 0 Å². The second kappa shape index (κ2) is 5.52. The van der Waals surface area contributed by atoms with Gasteiger partial charge in [0.1, 0.15) is 6.61 Å². The van der Waals surface area contributed by atoms with E-state index in [0.717, 1.165) is 12.1 Å². The molecule has 0 fully saturated rings. The third kappa shape index (κ3) is 3.79. The van der Waals surface area contributed by atoms with Crippen LogP contribution in [0.2, 0.25) is 0 Å². The van der Waals surface area contributed by atoms with E-state index in [1.807, 2.05) is 0 Å². The molecule has 0 heterocycles. The smallest absolute Gasteiger partial charge is 0.390 e. The van der Waals surface area contributed by atoms with E-state index in [4.69, 9.17) is 5.11 Å². The number of rotatable bonds is 5. The fourth-order valence-corrected chi connectivity index (χ4v) is 1.93. The van der Waals surface area contributed by atoms with Crippen molar-refractivity contribution in [3.05, 3.63) is 24.3 Å². The first-order valence-electron chi connectivity index (χ1n) is 5.13. The molecule has 1 aromatic rings. The first-order valence-corrected chi connectivity index (χ1v) is 6.62. The summed E-state index contributed by atoms with van der Waals surface area (Å²) in [6.45, 7) is -2.32. The van der Waals surface area contributed by atoms with Crippen molar-refractivity contribution in [2.75, 3.05) is 18.5 Å². The molecule has 0 radical (unpaired) electrons. The van der Waals surface area contributed by atoms with Gasteiger partial charge in [-0.25, -0.2) is 17.2 Å². The molecule has 114 valence electrons. The number of hydrogen-bond acceptors (Lipinski definition) is 4. The SMILES string of the molecule is O=S(=O)(c1ccc(NCC(F)(F)CO)cc1)C(F)(F)F. The quantitative estimate of drug-likeness (QED) is 0.815. The van der Waals surface area contributed by atoms with Crippen LogP contribution in [0.25, 0.3) is 0 Å². The third-order valence-electron chi connectivity index (χ3n) is 2.25. The Balaban J connectivity index is 2.86. The molecule has 20 heavy (non-hydrogen) atoms. The summed E-state index contributed by atoms with van der Waals surface area (Å²) in [5.41, 5.74) is -5.43. The van der Waals surface area contributed by atoms with E-state index in [2.05, 4.69) is 5.32 Å². The molecule has 0 aliphatic heterocycles. The van der Waals surface area contributed by atoms with Gasteiger partial charge in [0.05, 0.1) is 11.4 Å². The van der Waals surface area contributed by atoms with Crippen LogP contribution in [0.5, 0.6) is 0 Å². The van der Waals surface area contributed by atoms with Crippen LogP contribution in [0.15, 0.2) is 29.2 Å². The number of benzene rings is 1. The van der Waals surface area contributed by atoms with Crippen LogP contribution in [0, 0.1) is 0 Å². The van der Waals surface area contributed by atoms with Gasteiger partial charge >= 0.3 is 5.51 Å². The van der Waals surface area contributed by atoms with Crippen molar-refractivity contribution in [1.29, 1.82) is 0 Å². The zero-order valence-corrected chi connectivity index (χ0v) is 10.6. The third-order valence-corrected chi connectivity index (χ3v) is 3.75. The Bertz CT molecular complexity index is 553. The Morgan fingerprint density at radius 2 is 1.55 bits per heavy atom. The maximum absolute atomic E-state index is 12.7.